The number of benzene rings is 4. The van der Waals surface area contributed by atoms with Gasteiger partial charge in [-0.25, -0.2) is 19.2 Å². The molecule has 6 amide bonds. The number of ether oxygens (including phenoxy) is 4. The van der Waals surface area contributed by atoms with Crippen molar-refractivity contribution < 1.29 is 57.3 Å². The summed E-state index contributed by atoms with van der Waals surface area (Å²) in [5.74, 6) is -3.62. The van der Waals surface area contributed by atoms with E-state index in [2.05, 4.69) is 31.9 Å². The lowest BCUT2D eigenvalue weighted by Gasteiger charge is -2.23. The van der Waals surface area contributed by atoms with Crippen LogP contribution in [-0.2, 0) is 60.6 Å². The van der Waals surface area contributed by atoms with Crippen molar-refractivity contribution in [3.05, 3.63) is 144 Å². The number of esters is 2. The fourth-order valence-electron chi connectivity index (χ4n) is 6.13. The first kappa shape index (κ1) is 54.6. The Kier molecular flexibility index (Phi) is 21.7. The van der Waals surface area contributed by atoms with Crippen LogP contribution in [0.25, 0.3) is 0 Å². The fraction of sp³-hybridized carbons (Fsp3) is 0.360. The summed E-state index contributed by atoms with van der Waals surface area (Å²) in [4.78, 5) is 99.7. The van der Waals surface area contributed by atoms with Crippen LogP contribution in [0.2, 0.25) is 0 Å². The molecular formula is C50H62N6O12. The van der Waals surface area contributed by atoms with E-state index in [4.69, 9.17) is 18.9 Å². The lowest BCUT2D eigenvalue weighted by atomic mass is 10.0. The molecule has 0 aliphatic carbocycles. The zero-order valence-electron chi connectivity index (χ0n) is 39.6. The van der Waals surface area contributed by atoms with Crippen LogP contribution in [0.5, 0.6) is 0 Å². The topological polar surface area (TPSA) is 246 Å². The summed E-state index contributed by atoms with van der Waals surface area (Å²) in [5.41, 5.74) is 1.26. The molecule has 4 aromatic rings. The highest BCUT2D eigenvalue weighted by Gasteiger charge is 2.31. The summed E-state index contributed by atoms with van der Waals surface area (Å²) in [6, 6.07) is 31.4. The monoisotopic (exact) mass is 938 g/mol. The predicted octanol–water partition coefficient (Wildman–Crippen LogP) is 4.54. The molecular weight excluding hydrogens is 877 g/mol. The number of methoxy groups -OCH3 is 2. The highest BCUT2D eigenvalue weighted by atomic mass is 16.6. The molecule has 4 atom stereocenters. The van der Waals surface area contributed by atoms with Crippen LogP contribution in [0, 0.1) is 0 Å². The number of alkyl carbamates (subject to hydrolysis) is 2. The molecule has 0 aliphatic heterocycles. The van der Waals surface area contributed by atoms with Gasteiger partial charge >= 0.3 is 24.1 Å². The van der Waals surface area contributed by atoms with E-state index in [1.807, 2.05) is 60.7 Å². The molecule has 0 aromatic heterocycles. The van der Waals surface area contributed by atoms with Crippen LogP contribution in [0.3, 0.4) is 0 Å². The normalized spacial score (nSPS) is 12.6. The van der Waals surface area contributed by atoms with Crippen molar-refractivity contribution in [2.24, 2.45) is 0 Å². The number of amides is 6. The largest absolute Gasteiger partial charge is 0.467 e. The summed E-state index contributed by atoms with van der Waals surface area (Å²) in [5, 5.41) is 15.3. The summed E-state index contributed by atoms with van der Waals surface area (Å²) in [6.45, 7) is 9.44. The summed E-state index contributed by atoms with van der Waals surface area (Å²) >= 11 is 0. The lowest BCUT2D eigenvalue weighted by Crippen LogP contribution is -2.50. The third-order valence-corrected chi connectivity index (χ3v) is 9.15. The molecule has 0 saturated carbocycles. The van der Waals surface area contributed by atoms with E-state index in [0.29, 0.717) is 11.1 Å². The Balaban J connectivity index is 0.000000360. The predicted molar refractivity (Wildman–Crippen MR) is 251 cm³/mol. The van der Waals surface area contributed by atoms with E-state index in [1.165, 1.54) is 14.2 Å². The van der Waals surface area contributed by atoms with Gasteiger partial charge in [0.05, 0.1) is 14.2 Å². The number of carbonyl (C=O) groups excluding carboxylic acids is 8. The van der Waals surface area contributed by atoms with Crippen LogP contribution in [0.15, 0.2) is 121 Å². The Labute approximate surface area is 396 Å². The van der Waals surface area contributed by atoms with E-state index in [9.17, 15) is 38.4 Å². The number of carbonyl (C=O) groups is 8. The van der Waals surface area contributed by atoms with E-state index >= 15 is 0 Å². The third-order valence-electron chi connectivity index (χ3n) is 9.15. The third kappa shape index (κ3) is 20.6. The second-order valence-electron chi connectivity index (χ2n) is 17.1. The molecule has 0 heterocycles. The Morgan fingerprint density at radius 1 is 0.441 bits per heavy atom. The molecule has 0 saturated heterocycles. The number of rotatable bonds is 18. The molecule has 0 radical (unpaired) electrons. The molecule has 4 rings (SSSR count). The number of hydrogen-bond donors (Lipinski definition) is 6. The molecule has 0 unspecified atom stereocenters. The zero-order valence-corrected chi connectivity index (χ0v) is 39.6. The van der Waals surface area contributed by atoms with Crippen molar-refractivity contribution in [2.75, 3.05) is 27.3 Å². The average molecular weight is 939 g/mol. The van der Waals surface area contributed by atoms with Crippen LogP contribution in [0.1, 0.15) is 75.9 Å². The van der Waals surface area contributed by atoms with Crippen LogP contribution in [0.4, 0.5) is 9.59 Å². The standard InChI is InChI=1S/2C25H31N3O6/c2*1-25(2,3)34-24(32)26-16-20(29)28-21(18-13-9-6-10-14-18)22(30)27-19(23(31)33-4)15-17-11-7-5-8-12-17/h2*5-14,19,21H,15-16H2,1-4H3,(H,26,32)(H,27,30)(H,28,29)/t2*19-,21+/m11/s1. The van der Waals surface area contributed by atoms with Crippen molar-refractivity contribution in [2.45, 2.75) is 89.8 Å². The van der Waals surface area contributed by atoms with Gasteiger partial charge < -0.3 is 50.8 Å². The molecule has 68 heavy (non-hydrogen) atoms. The second-order valence-corrected chi connectivity index (χ2v) is 17.1. The molecule has 4 aromatic carbocycles. The number of hydrogen-bond acceptors (Lipinski definition) is 12. The molecule has 364 valence electrons. The van der Waals surface area contributed by atoms with E-state index in [1.54, 1.807) is 102 Å². The van der Waals surface area contributed by atoms with E-state index in [0.717, 1.165) is 11.1 Å². The second kappa shape index (κ2) is 27.0. The van der Waals surface area contributed by atoms with Gasteiger partial charge in [-0.3, -0.25) is 19.2 Å². The van der Waals surface area contributed by atoms with Crippen molar-refractivity contribution >= 4 is 47.8 Å². The average Bonchev–Trinajstić information content (AvgIpc) is 3.30. The van der Waals surface area contributed by atoms with Crippen LogP contribution in [-0.4, -0.2) is 98.3 Å². The highest BCUT2D eigenvalue weighted by molar-refractivity contribution is 5.94. The summed E-state index contributed by atoms with van der Waals surface area (Å²) in [6.07, 6.45) is -1.07. The maximum atomic E-state index is 13.2. The van der Waals surface area contributed by atoms with Gasteiger partial charge in [-0.2, -0.15) is 0 Å². The lowest BCUT2D eigenvalue weighted by molar-refractivity contribution is -0.145. The minimum atomic E-state index is -1.10. The van der Waals surface area contributed by atoms with Gasteiger partial charge in [-0.15, -0.1) is 0 Å². The molecule has 0 fully saturated rings. The van der Waals surface area contributed by atoms with E-state index < -0.39 is 96.2 Å². The van der Waals surface area contributed by atoms with Gasteiger partial charge in [0, 0.05) is 12.8 Å². The Hall–Kier alpha value is -7.76. The summed E-state index contributed by atoms with van der Waals surface area (Å²) < 4.78 is 19.9. The molecule has 0 bridgehead atoms. The Morgan fingerprint density at radius 3 is 1.01 bits per heavy atom. The molecule has 0 spiro atoms. The zero-order chi connectivity index (χ0) is 50.3. The highest BCUT2D eigenvalue weighted by Crippen LogP contribution is 2.17. The molecule has 18 nitrogen and oxygen atoms in total. The van der Waals surface area contributed by atoms with Crippen molar-refractivity contribution in [1.82, 2.24) is 31.9 Å². The van der Waals surface area contributed by atoms with Gasteiger partial charge in [0.25, 0.3) is 0 Å². The first-order chi connectivity index (χ1) is 32.2. The van der Waals surface area contributed by atoms with Crippen LogP contribution < -0.4 is 31.9 Å². The van der Waals surface area contributed by atoms with Gasteiger partial charge in [-0.05, 0) is 63.8 Å². The molecule has 0 aliphatic rings. The minimum Gasteiger partial charge on any atom is -0.467 e. The Bertz CT molecular complexity index is 2110. The van der Waals surface area contributed by atoms with Gasteiger partial charge in [0.2, 0.25) is 23.6 Å². The fourth-order valence-corrected chi connectivity index (χ4v) is 6.13. The smallest absolute Gasteiger partial charge is 0.408 e. The SMILES string of the molecule is COC(=O)[C@@H](Cc1ccccc1)NC(=O)[C@@H](NC(=O)CNC(=O)OC(C)(C)C)c1ccccc1.COC(=O)[C@@H](Cc1ccccc1)NC(=O)[C@@H](NC(=O)CNC(=O)OC(C)(C)C)c1ccccc1. The first-order valence-corrected chi connectivity index (χ1v) is 21.6. The van der Waals surface area contributed by atoms with Crippen molar-refractivity contribution in [3.63, 3.8) is 0 Å². The Morgan fingerprint density at radius 2 is 0.735 bits per heavy atom. The molecule has 6 N–H and O–H groups in total. The number of nitrogens with one attached hydrogen (secondary N) is 6. The molecule has 18 heteroatoms. The van der Waals surface area contributed by atoms with Crippen molar-refractivity contribution in [1.29, 1.82) is 0 Å². The van der Waals surface area contributed by atoms with Gasteiger partial charge in [0.15, 0.2) is 0 Å². The quantitative estimate of drug-likeness (QED) is 0.0595. The van der Waals surface area contributed by atoms with Crippen LogP contribution >= 0.6 is 0 Å². The maximum absolute atomic E-state index is 13.2. The van der Waals surface area contributed by atoms with Gasteiger partial charge in [-0.1, -0.05) is 121 Å². The van der Waals surface area contributed by atoms with Crippen molar-refractivity contribution in [3.8, 4) is 0 Å². The minimum absolute atomic E-state index is 0.217. The maximum Gasteiger partial charge on any atom is 0.408 e. The van der Waals surface area contributed by atoms with E-state index in [-0.39, 0.29) is 12.8 Å². The first-order valence-electron chi connectivity index (χ1n) is 21.6. The van der Waals surface area contributed by atoms with Gasteiger partial charge in [0.1, 0.15) is 48.5 Å². The summed E-state index contributed by atoms with van der Waals surface area (Å²) in [7, 11) is 2.48.